The summed E-state index contributed by atoms with van der Waals surface area (Å²) in [5, 5.41) is 2.84. The number of anilines is 2. The second-order valence-corrected chi connectivity index (χ2v) is 5.63. The summed E-state index contributed by atoms with van der Waals surface area (Å²) in [5.41, 5.74) is 7.48. The molecule has 0 heterocycles. The van der Waals surface area contributed by atoms with E-state index in [0.717, 1.165) is 4.47 Å². The second kappa shape index (κ2) is 7.87. The number of carbonyl (C=O) groups excluding carboxylic acids is 1. The predicted octanol–water partition coefficient (Wildman–Crippen LogP) is 4.08. The van der Waals surface area contributed by atoms with E-state index in [9.17, 15) is 4.79 Å². The van der Waals surface area contributed by atoms with E-state index in [-0.39, 0.29) is 5.91 Å². The Hall–Kier alpha value is -2.21. The van der Waals surface area contributed by atoms with Gasteiger partial charge in [0, 0.05) is 22.2 Å². The maximum atomic E-state index is 12.4. The van der Waals surface area contributed by atoms with Crippen molar-refractivity contribution >= 4 is 33.2 Å². The van der Waals surface area contributed by atoms with Crippen molar-refractivity contribution in [1.29, 1.82) is 0 Å². The Balaban J connectivity index is 2.30. The monoisotopic (exact) mass is 378 g/mol. The van der Waals surface area contributed by atoms with Crippen LogP contribution in [0.2, 0.25) is 0 Å². The van der Waals surface area contributed by atoms with Crippen molar-refractivity contribution in [3.63, 3.8) is 0 Å². The van der Waals surface area contributed by atoms with Gasteiger partial charge in [0.2, 0.25) is 0 Å². The fourth-order valence-electron chi connectivity index (χ4n) is 2.02. The Kier molecular flexibility index (Phi) is 5.87. The molecule has 1 amide bonds. The maximum absolute atomic E-state index is 12.4. The lowest BCUT2D eigenvalue weighted by Crippen LogP contribution is -2.13. The minimum absolute atomic E-state index is 0.231. The van der Waals surface area contributed by atoms with Gasteiger partial charge in [0.15, 0.2) is 0 Å². The van der Waals surface area contributed by atoms with Crippen LogP contribution in [0.5, 0.6) is 11.5 Å². The number of carbonyl (C=O) groups is 1. The first-order valence-electron chi connectivity index (χ1n) is 7.31. The van der Waals surface area contributed by atoms with Crippen molar-refractivity contribution < 1.29 is 14.3 Å². The SMILES string of the molecule is CCOc1cc(NC(=O)c2ccc(Br)cc2)c(OCC)cc1N. The van der Waals surface area contributed by atoms with E-state index >= 15 is 0 Å². The fraction of sp³-hybridized carbons (Fsp3) is 0.235. The van der Waals surface area contributed by atoms with Crippen molar-refractivity contribution in [1.82, 2.24) is 0 Å². The van der Waals surface area contributed by atoms with Gasteiger partial charge in [-0.3, -0.25) is 4.79 Å². The largest absolute Gasteiger partial charge is 0.492 e. The number of amides is 1. The molecule has 0 spiro atoms. The van der Waals surface area contributed by atoms with Crippen LogP contribution in [0.15, 0.2) is 40.9 Å². The molecule has 0 aliphatic carbocycles. The molecule has 0 aliphatic rings. The van der Waals surface area contributed by atoms with Gasteiger partial charge < -0.3 is 20.5 Å². The number of hydrogen-bond donors (Lipinski definition) is 2. The Morgan fingerprint density at radius 1 is 1.09 bits per heavy atom. The zero-order valence-corrected chi connectivity index (χ0v) is 14.6. The topological polar surface area (TPSA) is 73.6 Å². The summed E-state index contributed by atoms with van der Waals surface area (Å²) >= 11 is 3.35. The Morgan fingerprint density at radius 3 is 2.30 bits per heavy atom. The number of halogens is 1. The van der Waals surface area contributed by atoms with E-state index in [4.69, 9.17) is 15.2 Å². The van der Waals surface area contributed by atoms with Crippen LogP contribution < -0.4 is 20.5 Å². The molecule has 0 radical (unpaired) electrons. The van der Waals surface area contributed by atoms with Crippen molar-refractivity contribution in [3.8, 4) is 11.5 Å². The van der Waals surface area contributed by atoms with E-state index in [1.165, 1.54) is 0 Å². The predicted molar refractivity (Wildman–Crippen MR) is 95.3 cm³/mol. The van der Waals surface area contributed by atoms with Crippen molar-refractivity contribution in [3.05, 3.63) is 46.4 Å². The highest BCUT2D eigenvalue weighted by Crippen LogP contribution is 2.35. The third kappa shape index (κ3) is 4.39. The highest BCUT2D eigenvalue weighted by molar-refractivity contribution is 9.10. The number of benzene rings is 2. The molecule has 0 saturated carbocycles. The van der Waals surface area contributed by atoms with Crippen LogP contribution in [0.3, 0.4) is 0 Å². The number of nitrogens with one attached hydrogen (secondary N) is 1. The summed E-state index contributed by atoms with van der Waals surface area (Å²) in [5.74, 6) is 0.798. The summed E-state index contributed by atoms with van der Waals surface area (Å²) in [6, 6.07) is 10.4. The highest BCUT2D eigenvalue weighted by atomic mass is 79.9. The molecule has 23 heavy (non-hydrogen) atoms. The van der Waals surface area contributed by atoms with Crippen LogP contribution in [-0.2, 0) is 0 Å². The van der Waals surface area contributed by atoms with Gasteiger partial charge in [0.25, 0.3) is 5.91 Å². The number of nitrogen functional groups attached to an aromatic ring is 1. The number of nitrogens with two attached hydrogens (primary N) is 1. The van der Waals surface area contributed by atoms with Crippen LogP contribution in [-0.4, -0.2) is 19.1 Å². The van der Waals surface area contributed by atoms with Gasteiger partial charge in [-0.1, -0.05) is 15.9 Å². The molecule has 2 aromatic carbocycles. The van der Waals surface area contributed by atoms with Crippen LogP contribution in [0, 0.1) is 0 Å². The summed E-state index contributed by atoms with van der Waals surface area (Å²) < 4.78 is 11.9. The lowest BCUT2D eigenvalue weighted by atomic mass is 10.2. The number of rotatable bonds is 6. The standard InChI is InChI=1S/C17H19BrN2O3/c1-3-22-15-10-14(16(23-4-2)9-13(15)19)20-17(21)11-5-7-12(18)8-6-11/h5-10H,3-4,19H2,1-2H3,(H,20,21). The normalized spacial score (nSPS) is 10.2. The van der Waals surface area contributed by atoms with Crippen LogP contribution >= 0.6 is 15.9 Å². The first kappa shape index (κ1) is 17.1. The molecule has 2 aromatic rings. The Bertz CT molecular complexity index is 687. The van der Waals surface area contributed by atoms with Gasteiger partial charge in [0.05, 0.1) is 24.6 Å². The molecule has 0 aliphatic heterocycles. The molecule has 0 atom stereocenters. The molecule has 6 heteroatoms. The molecule has 0 aromatic heterocycles. The van der Waals surface area contributed by atoms with Gasteiger partial charge in [-0.15, -0.1) is 0 Å². The first-order valence-corrected chi connectivity index (χ1v) is 8.10. The van der Waals surface area contributed by atoms with Crippen molar-refractivity contribution in [2.24, 2.45) is 0 Å². The first-order chi connectivity index (χ1) is 11.0. The molecule has 122 valence electrons. The van der Waals surface area contributed by atoms with Crippen LogP contribution in [0.1, 0.15) is 24.2 Å². The molecule has 0 fully saturated rings. The van der Waals surface area contributed by atoms with Gasteiger partial charge in [0.1, 0.15) is 11.5 Å². The Labute approximate surface area is 143 Å². The summed E-state index contributed by atoms with van der Waals surface area (Å²) in [6.07, 6.45) is 0. The number of ether oxygens (including phenoxy) is 2. The van der Waals surface area contributed by atoms with Crippen molar-refractivity contribution in [2.75, 3.05) is 24.3 Å². The molecule has 3 N–H and O–H groups in total. The number of hydrogen-bond acceptors (Lipinski definition) is 4. The zero-order chi connectivity index (χ0) is 16.8. The molecule has 2 rings (SSSR count). The molecule has 0 unspecified atom stereocenters. The minimum Gasteiger partial charge on any atom is -0.492 e. The lowest BCUT2D eigenvalue weighted by Gasteiger charge is -2.15. The lowest BCUT2D eigenvalue weighted by molar-refractivity contribution is 0.102. The van der Waals surface area contributed by atoms with E-state index < -0.39 is 0 Å². The maximum Gasteiger partial charge on any atom is 0.255 e. The average Bonchev–Trinajstić information content (AvgIpc) is 2.52. The van der Waals surface area contributed by atoms with E-state index in [1.807, 2.05) is 26.0 Å². The third-order valence-corrected chi connectivity index (χ3v) is 3.59. The zero-order valence-electron chi connectivity index (χ0n) is 13.1. The Morgan fingerprint density at radius 2 is 1.70 bits per heavy atom. The van der Waals surface area contributed by atoms with E-state index in [0.29, 0.717) is 41.7 Å². The van der Waals surface area contributed by atoms with Gasteiger partial charge in [-0.25, -0.2) is 0 Å². The quantitative estimate of drug-likeness (QED) is 0.742. The van der Waals surface area contributed by atoms with Gasteiger partial charge in [-0.05, 0) is 38.1 Å². The van der Waals surface area contributed by atoms with Crippen molar-refractivity contribution in [2.45, 2.75) is 13.8 Å². The average molecular weight is 379 g/mol. The third-order valence-electron chi connectivity index (χ3n) is 3.07. The summed E-state index contributed by atoms with van der Waals surface area (Å²) in [4.78, 5) is 12.4. The second-order valence-electron chi connectivity index (χ2n) is 4.71. The van der Waals surface area contributed by atoms with E-state index in [2.05, 4.69) is 21.2 Å². The fourth-order valence-corrected chi connectivity index (χ4v) is 2.29. The summed E-state index contributed by atoms with van der Waals surface area (Å²) in [6.45, 7) is 4.69. The molecule has 0 saturated heterocycles. The smallest absolute Gasteiger partial charge is 0.255 e. The molecular formula is C17H19BrN2O3. The van der Waals surface area contributed by atoms with Gasteiger partial charge >= 0.3 is 0 Å². The summed E-state index contributed by atoms with van der Waals surface area (Å²) in [7, 11) is 0. The molecule has 5 nitrogen and oxygen atoms in total. The molecule has 0 bridgehead atoms. The van der Waals surface area contributed by atoms with Gasteiger partial charge in [-0.2, -0.15) is 0 Å². The van der Waals surface area contributed by atoms with Crippen LogP contribution in [0.4, 0.5) is 11.4 Å². The van der Waals surface area contributed by atoms with E-state index in [1.54, 1.807) is 24.3 Å². The highest BCUT2D eigenvalue weighted by Gasteiger charge is 2.14. The minimum atomic E-state index is -0.231. The molecular weight excluding hydrogens is 360 g/mol. The van der Waals surface area contributed by atoms with Crippen LogP contribution in [0.25, 0.3) is 0 Å².